The Morgan fingerprint density at radius 1 is 1.10 bits per heavy atom. The molecule has 1 amide bonds. The number of hydrogen-bond acceptors (Lipinski definition) is 4. The smallest absolute Gasteiger partial charge is 0.257 e. The van der Waals surface area contributed by atoms with Crippen LogP contribution in [0.25, 0.3) is 0 Å². The Kier molecular flexibility index (Phi) is 8.84. The van der Waals surface area contributed by atoms with Gasteiger partial charge in [-0.15, -0.1) is 0 Å². The van der Waals surface area contributed by atoms with Crippen LogP contribution < -0.4 is 10.0 Å². The van der Waals surface area contributed by atoms with E-state index in [0.29, 0.717) is 23.4 Å². The van der Waals surface area contributed by atoms with Gasteiger partial charge < -0.3 is 5.32 Å². The summed E-state index contributed by atoms with van der Waals surface area (Å²) in [6.45, 7) is 4.48. The van der Waals surface area contributed by atoms with Crippen LogP contribution in [-0.2, 0) is 10.0 Å². The maximum atomic E-state index is 12.6. The fraction of sp³-hybridized carbons (Fsp3) is 0.364. The number of carbonyl (C=O) groups excluding carboxylic acids is 1. The molecule has 0 saturated carbocycles. The van der Waals surface area contributed by atoms with Crippen molar-refractivity contribution < 1.29 is 13.2 Å². The molecule has 0 spiro atoms. The Morgan fingerprint density at radius 3 is 2.66 bits per heavy atom. The van der Waals surface area contributed by atoms with Gasteiger partial charge in [-0.1, -0.05) is 44.6 Å². The summed E-state index contributed by atoms with van der Waals surface area (Å²) in [5.74, 6) is 5.71. The van der Waals surface area contributed by atoms with Gasteiger partial charge in [0.15, 0.2) is 0 Å². The third-order valence-electron chi connectivity index (χ3n) is 4.11. The lowest BCUT2D eigenvalue weighted by Crippen LogP contribution is -2.24. The van der Waals surface area contributed by atoms with E-state index in [-0.39, 0.29) is 10.8 Å². The molecule has 0 bridgehead atoms. The zero-order valence-corrected chi connectivity index (χ0v) is 17.7. The molecule has 0 fully saturated rings. The first-order chi connectivity index (χ1) is 14.0. The van der Waals surface area contributed by atoms with Crippen molar-refractivity contribution in [3.8, 4) is 11.8 Å². The monoisotopic (exact) mass is 413 g/mol. The third kappa shape index (κ3) is 7.33. The fourth-order valence-corrected chi connectivity index (χ4v) is 3.59. The molecule has 1 aromatic carbocycles. The highest BCUT2D eigenvalue weighted by Gasteiger charge is 2.15. The van der Waals surface area contributed by atoms with Gasteiger partial charge in [0.1, 0.15) is 0 Å². The second-order valence-corrected chi connectivity index (χ2v) is 8.37. The van der Waals surface area contributed by atoms with Crippen LogP contribution in [0.3, 0.4) is 0 Å². The molecule has 0 aliphatic rings. The summed E-state index contributed by atoms with van der Waals surface area (Å²) in [4.78, 5) is 16.7. The van der Waals surface area contributed by atoms with Gasteiger partial charge in [-0.2, -0.15) is 0 Å². The highest BCUT2D eigenvalue weighted by Crippen LogP contribution is 2.16. The molecular formula is C22H27N3O3S. The topological polar surface area (TPSA) is 88.2 Å². The predicted octanol–water partition coefficient (Wildman–Crippen LogP) is 3.95. The number of hydrogen-bond donors (Lipinski definition) is 2. The number of rotatable bonds is 9. The zero-order chi connectivity index (χ0) is 21.1. The Bertz CT molecular complexity index is 992. The Hall–Kier alpha value is -2.69. The minimum Gasteiger partial charge on any atom is -0.322 e. The first kappa shape index (κ1) is 22.6. The van der Waals surface area contributed by atoms with E-state index in [4.69, 9.17) is 0 Å². The summed E-state index contributed by atoms with van der Waals surface area (Å²) < 4.78 is 27.3. The summed E-state index contributed by atoms with van der Waals surface area (Å²) in [7, 11) is -3.61. The normalized spacial score (nSPS) is 10.8. The number of benzene rings is 1. The minimum absolute atomic E-state index is 0.111. The molecular weight excluding hydrogens is 386 g/mol. The van der Waals surface area contributed by atoms with Gasteiger partial charge in [-0.05, 0) is 37.1 Å². The molecule has 0 atom stereocenters. The molecule has 2 N–H and O–H groups in total. The second-order valence-electron chi connectivity index (χ2n) is 6.60. The molecule has 7 heteroatoms. The van der Waals surface area contributed by atoms with Crippen LogP contribution >= 0.6 is 0 Å². The number of unbranched alkanes of at least 4 members (excludes halogenated alkanes) is 3. The molecule has 0 aliphatic heterocycles. The van der Waals surface area contributed by atoms with Crippen molar-refractivity contribution in [1.82, 2.24) is 9.71 Å². The standard InChI is InChI=1S/C22H27N3O3S/c1-3-5-7-8-10-18-14-19(17-23-16-18)22(26)25-20-11-9-12-21(15-20)29(27,28)24-13-6-4-2/h9,11-12,14-17,24H,3-7,13H2,1-2H3,(H,25,26). The number of anilines is 1. The van der Waals surface area contributed by atoms with Crippen molar-refractivity contribution in [2.24, 2.45) is 0 Å². The summed E-state index contributed by atoms with van der Waals surface area (Å²) in [6.07, 6.45) is 7.66. The van der Waals surface area contributed by atoms with Gasteiger partial charge in [-0.25, -0.2) is 13.1 Å². The molecule has 6 nitrogen and oxygen atoms in total. The molecule has 0 radical (unpaired) electrons. The van der Waals surface area contributed by atoms with E-state index >= 15 is 0 Å². The van der Waals surface area contributed by atoms with Gasteiger partial charge >= 0.3 is 0 Å². The largest absolute Gasteiger partial charge is 0.322 e. The molecule has 154 valence electrons. The number of amides is 1. The van der Waals surface area contributed by atoms with Crippen molar-refractivity contribution in [2.45, 2.75) is 50.8 Å². The molecule has 1 heterocycles. The maximum Gasteiger partial charge on any atom is 0.257 e. The van der Waals surface area contributed by atoms with E-state index in [1.807, 2.05) is 6.92 Å². The average molecular weight is 414 g/mol. The van der Waals surface area contributed by atoms with Crippen LogP contribution in [0, 0.1) is 11.8 Å². The van der Waals surface area contributed by atoms with Crippen LogP contribution in [0.4, 0.5) is 5.69 Å². The van der Waals surface area contributed by atoms with Gasteiger partial charge in [0, 0.05) is 36.6 Å². The number of nitrogens with one attached hydrogen (secondary N) is 2. The number of nitrogens with zero attached hydrogens (tertiary/aromatic N) is 1. The Balaban J connectivity index is 2.10. The molecule has 29 heavy (non-hydrogen) atoms. The third-order valence-corrected chi connectivity index (χ3v) is 5.57. The highest BCUT2D eigenvalue weighted by molar-refractivity contribution is 7.89. The molecule has 0 unspecified atom stereocenters. The van der Waals surface area contributed by atoms with Crippen LogP contribution in [-0.4, -0.2) is 25.9 Å². The number of pyridine rings is 1. The van der Waals surface area contributed by atoms with Crippen molar-refractivity contribution in [3.63, 3.8) is 0 Å². The number of sulfonamides is 1. The van der Waals surface area contributed by atoms with Crippen LogP contribution in [0.5, 0.6) is 0 Å². The van der Waals surface area contributed by atoms with E-state index < -0.39 is 10.0 Å². The minimum atomic E-state index is -3.61. The van der Waals surface area contributed by atoms with Crippen molar-refractivity contribution in [3.05, 3.63) is 53.9 Å². The molecule has 0 saturated heterocycles. The first-order valence-electron chi connectivity index (χ1n) is 9.81. The van der Waals surface area contributed by atoms with Gasteiger partial charge in [-0.3, -0.25) is 9.78 Å². The van der Waals surface area contributed by atoms with Gasteiger partial charge in [0.2, 0.25) is 10.0 Å². The second kappa shape index (κ2) is 11.3. The zero-order valence-electron chi connectivity index (χ0n) is 16.9. The molecule has 2 rings (SSSR count). The lowest BCUT2D eigenvalue weighted by molar-refractivity contribution is 0.102. The lowest BCUT2D eigenvalue weighted by atomic mass is 10.2. The van der Waals surface area contributed by atoms with Crippen LogP contribution in [0.1, 0.15) is 61.9 Å². The van der Waals surface area contributed by atoms with Crippen LogP contribution in [0.15, 0.2) is 47.6 Å². The summed E-state index contributed by atoms with van der Waals surface area (Å²) in [5.41, 5.74) is 1.43. The van der Waals surface area contributed by atoms with Gasteiger partial charge in [0.25, 0.3) is 5.91 Å². The van der Waals surface area contributed by atoms with Crippen molar-refractivity contribution >= 4 is 21.6 Å². The Morgan fingerprint density at radius 2 is 1.90 bits per heavy atom. The predicted molar refractivity (Wildman–Crippen MR) is 115 cm³/mol. The van der Waals surface area contributed by atoms with Gasteiger partial charge in [0.05, 0.1) is 10.5 Å². The van der Waals surface area contributed by atoms with E-state index in [9.17, 15) is 13.2 Å². The number of carbonyl (C=O) groups is 1. The van der Waals surface area contributed by atoms with E-state index in [2.05, 4.69) is 33.8 Å². The SMILES string of the molecule is CCCCC#Cc1cncc(C(=O)Nc2cccc(S(=O)(=O)NCCCC)c2)c1. The van der Waals surface area contributed by atoms with Crippen LogP contribution in [0.2, 0.25) is 0 Å². The van der Waals surface area contributed by atoms with E-state index in [0.717, 1.165) is 32.1 Å². The van der Waals surface area contributed by atoms with Crippen molar-refractivity contribution in [2.75, 3.05) is 11.9 Å². The summed E-state index contributed by atoms with van der Waals surface area (Å²) in [6, 6.07) is 7.85. The molecule has 0 aliphatic carbocycles. The van der Waals surface area contributed by atoms with E-state index in [1.165, 1.54) is 18.3 Å². The Labute approximate surface area is 173 Å². The van der Waals surface area contributed by atoms with E-state index in [1.54, 1.807) is 24.4 Å². The van der Waals surface area contributed by atoms with Crippen molar-refractivity contribution in [1.29, 1.82) is 0 Å². The fourth-order valence-electron chi connectivity index (χ4n) is 2.47. The first-order valence-corrected chi connectivity index (χ1v) is 11.3. The molecule has 2 aromatic rings. The summed E-state index contributed by atoms with van der Waals surface area (Å²) in [5, 5.41) is 2.72. The lowest BCUT2D eigenvalue weighted by Gasteiger charge is -2.09. The highest BCUT2D eigenvalue weighted by atomic mass is 32.2. The average Bonchev–Trinajstić information content (AvgIpc) is 2.72. The quantitative estimate of drug-likeness (QED) is 0.481. The molecule has 1 aromatic heterocycles. The maximum absolute atomic E-state index is 12.6. The number of aromatic nitrogens is 1. The summed E-state index contributed by atoms with van der Waals surface area (Å²) >= 11 is 0.